The van der Waals surface area contributed by atoms with Gasteiger partial charge < -0.3 is 20.9 Å². The van der Waals surface area contributed by atoms with Crippen molar-refractivity contribution in [3.05, 3.63) is 63.2 Å². The first-order valence-electron chi connectivity index (χ1n) is 8.72. The maximum absolute atomic E-state index is 11.3. The Kier molecular flexibility index (Phi) is 5.64. The van der Waals surface area contributed by atoms with Crippen LogP contribution in [-0.2, 0) is 6.61 Å². The number of hydrogen-bond donors (Lipinski definition) is 2. The highest BCUT2D eigenvalue weighted by atomic mass is 16.6. The summed E-state index contributed by atoms with van der Waals surface area (Å²) in [4.78, 5) is 18.7. The summed E-state index contributed by atoms with van der Waals surface area (Å²) in [5.41, 5.74) is 13.7. The number of anilines is 2. The highest BCUT2D eigenvalue weighted by molar-refractivity contribution is 5.74. The van der Waals surface area contributed by atoms with Crippen molar-refractivity contribution in [3.8, 4) is 28.8 Å². The molecule has 0 bridgehead atoms. The molecule has 3 aromatic rings. The molecule has 0 amide bonds. The fraction of sp³-hybridized carbons (Fsp3) is 0.150. The summed E-state index contributed by atoms with van der Waals surface area (Å²) in [7, 11) is 1.50. The zero-order valence-corrected chi connectivity index (χ0v) is 16.2. The number of nitrogen functional groups attached to an aromatic ring is 2. The maximum Gasteiger partial charge on any atom is 0.310 e. The van der Waals surface area contributed by atoms with Crippen LogP contribution in [0, 0.1) is 28.4 Å². The van der Waals surface area contributed by atoms with Crippen molar-refractivity contribution in [2.45, 2.75) is 13.5 Å². The molecule has 30 heavy (non-hydrogen) atoms. The van der Waals surface area contributed by atoms with E-state index in [4.69, 9.17) is 20.9 Å². The summed E-state index contributed by atoms with van der Waals surface area (Å²) in [6.07, 6.45) is 0. The molecule has 0 spiro atoms. The molecule has 0 saturated carbocycles. The third kappa shape index (κ3) is 4.05. The fourth-order valence-corrected chi connectivity index (χ4v) is 2.90. The summed E-state index contributed by atoms with van der Waals surface area (Å²) in [6.45, 7) is 1.80. The van der Waals surface area contributed by atoms with Gasteiger partial charge in [-0.15, -0.1) is 0 Å². The third-order valence-electron chi connectivity index (χ3n) is 4.32. The number of aromatic nitrogens is 2. The molecule has 10 nitrogen and oxygen atoms in total. The van der Waals surface area contributed by atoms with E-state index in [2.05, 4.69) is 9.97 Å². The molecule has 3 rings (SSSR count). The van der Waals surface area contributed by atoms with E-state index in [0.717, 1.165) is 5.56 Å². The van der Waals surface area contributed by atoms with Gasteiger partial charge in [0.1, 0.15) is 29.8 Å². The largest absolute Gasteiger partial charge is 0.496 e. The molecule has 0 radical (unpaired) electrons. The molecule has 10 heteroatoms. The van der Waals surface area contributed by atoms with Crippen LogP contribution in [-0.4, -0.2) is 22.0 Å². The number of rotatable bonds is 6. The molecule has 152 valence electrons. The second-order valence-electron chi connectivity index (χ2n) is 6.35. The minimum Gasteiger partial charge on any atom is -0.496 e. The van der Waals surface area contributed by atoms with E-state index < -0.39 is 4.92 Å². The Hall–Kier alpha value is -4.39. The van der Waals surface area contributed by atoms with Crippen molar-refractivity contribution < 1.29 is 14.4 Å². The first kappa shape index (κ1) is 20.3. The lowest BCUT2D eigenvalue weighted by atomic mass is 10.0. The Bertz CT molecular complexity index is 1170. The van der Waals surface area contributed by atoms with Crippen LogP contribution in [0.4, 0.5) is 17.5 Å². The molecule has 0 saturated heterocycles. The Morgan fingerprint density at radius 2 is 1.93 bits per heavy atom. The molecule has 0 aliphatic heterocycles. The molecule has 0 unspecified atom stereocenters. The van der Waals surface area contributed by atoms with E-state index in [0.29, 0.717) is 16.9 Å². The molecular formula is C20H18N6O4. The number of benzene rings is 2. The van der Waals surface area contributed by atoms with Crippen molar-refractivity contribution in [2.75, 3.05) is 18.6 Å². The van der Waals surface area contributed by atoms with E-state index in [1.54, 1.807) is 30.3 Å². The monoisotopic (exact) mass is 406 g/mol. The van der Waals surface area contributed by atoms with E-state index in [-0.39, 0.29) is 41.1 Å². The molecule has 1 heterocycles. The topological polar surface area (TPSA) is 163 Å². The second-order valence-corrected chi connectivity index (χ2v) is 6.35. The highest BCUT2D eigenvalue weighted by Gasteiger charge is 2.18. The van der Waals surface area contributed by atoms with Crippen LogP contribution >= 0.6 is 0 Å². The van der Waals surface area contributed by atoms with Crippen molar-refractivity contribution in [1.82, 2.24) is 9.97 Å². The standard InChI is InChI=1S/C20H18N6O4/c1-11-3-5-15(26(27)28)17(7-11)30-10-13-8-12(4-6-16(13)29-2)18-14(9-21)19(22)25-20(23)24-18/h3-8H,10H2,1-2H3,(H4,22,23,24,25). The van der Waals surface area contributed by atoms with Crippen molar-refractivity contribution in [1.29, 1.82) is 5.26 Å². The normalized spacial score (nSPS) is 10.3. The number of hydrogen-bond acceptors (Lipinski definition) is 9. The first-order chi connectivity index (χ1) is 14.3. The number of ether oxygens (including phenoxy) is 2. The quantitative estimate of drug-likeness (QED) is 0.462. The zero-order chi connectivity index (χ0) is 21.8. The lowest BCUT2D eigenvalue weighted by molar-refractivity contribution is -0.386. The van der Waals surface area contributed by atoms with E-state index in [9.17, 15) is 15.4 Å². The molecule has 0 aliphatic carbocycles. The summed E-state index contributed by atoms with van der Waals surface area (Å²) in [5, 5.41) is 20.7. The van der Waals surface area contributed by atoms with Gasteiger partial charge in [-0.1, -0.05) is 6.07 Å². The van der Waals surface area contributed by atoms with Gasteiger partial charge in [-0.2, -0.15) is 10.2 Å². The van der Waals surface area contributed by atoms with Gasteiger partial charge in [0.05, 0.1) is 17.7 Å². The average molecular weight is 406 g/mol. The lowest BCUT2D eigenvalue weighted by Gasteiger charge is -2.13. The SMILES string of the molecule is COc1ccc(-c2nc(N)nc(N)c2C#N)cc1COc1cc(C)ccc1[N+](=O)[O-]. The van der Waals surface area contributed by atoms with Gasteiger partial charge in [-0.3, -0.25) is 10.1 Å². The number of nitrogens with zero attached hydrogens (tertiary/aromatic N) is 4. The number of aryl methyl sites for hydroxylation is 1. The van der Waals surface area contributed by atoms with Crippen LogP contribution < -0.4 is 20.9 Å². The van der Waals surface area contributed by atoms with Crippen LogP contribution in [0.3, 0.4) is 0 Å². The predicted octanol–water partition coefficient (Wildman–Crippen LogP) is 2.98. The molecule has 0 aliphatic rings. The van der Waals surface area contributed by atoms with Gasteiger partial charge in [0, 0.05) is 17.2 Å². The van der Waals surface area contributed by atoms with Crippen molar-refractivity contribution >= 4 is 17.5 Å². The molecular weight excluding hydrogens is 388 g/mol. The number of nitro benzene ring substituents is 1. The number of nitro groups is 1. The third-order valence-corrected chi connectivity index (χ3v) is 4.32. The summed E-state index contributed by atoms with van der Waals surface area (Å²) >= 11 is 0. The van der Waals surface area contributed by atoms with Crippen LogP contribution in [0.25, 0.3) is 11.3 Å². The van der Waals surface area contributed by atoms with Crippen LogP contribution in [0.15, 0.2) is 36.4 Å². The average Bonchev–Trinajstić information content (AvgIpc) is 2.71. The van der Waals surface area contributed by atoms with Crippen LogP contribution in [0.2, 0.25) is 0 Å². The zero-order valence-electron chi connectivity index (χ0n) is 16.2. The first-order valence-corrected chi connectivity index (χ1v) is 8.72. The van der Waals surface area contributed by atoms with Gasteiger partial charge >= 0.3 is 5.69 Å². The fourth-order valence-electron chi connectivity index (χ4n) is 2.90. The highest BCUT2D eigenvalue weighted by Crippen LogP contribution is 2.32. The molecule has 1 aromatic heterocycles. The van der Waals surface area contributed by atoms with E-state index in [1.807, 2.05) is 13.0 Å². The Labute approximate surface area is 171 Å². The molecule has 4 N–H and O–H groups in total. The summed E-state index contributed by atoms with van der Waals surface area (Å²) in [5.74, 6) is 0.553. The van der Waals surface area contributed by atoms with Gasteiger partial charge in [-0.05, 0) is 36.8 Å². The molecule has 0 fully saturated rings. The van der Waals surface area contributed by atoms with Crippen molar-refractivity contribution in [2.24, 2.45) is 0 Å². The Morgan fingerprint density at radius 1 is 1.17 bits per heavy atom. The van der Waals surface area contributed by atoms with Gasteiger partial charge in [0.15, 0.2) is 5.75 Å². The molecule has 0 atom stereocenters. The van der Waals surface area contributed by atoms with Crippen LogP contribution in [0.1, 0.15) is 16.7 Å². The maximum atomic E-state index is 11.3. The smallest absolute Gasteiger partial charge is 0.310 e. The summed E-state index contributed by atoms with van der Waals surface area (Å²) < 4.78 is 11.1. The Balaban J connectivity index is 2.01. The lowest BCUT2D eigenvalue weighted by Crippen LogP contribution is -2.06. The molecule has 2 aromatic carbocycles. The minimum atomic E-state index is -0.506. The van der Waals surface area contributed by atoms with Gasteiger partial charge in [0.2, 0.25) is 5.95 Å². The minimum absolute atomic E-state index is 0.0146. The van der Waals surface area contributed by atoms with Gasteiger partial charge in [0.25, 0.3) is 0 Å². The van der Waals surface area contributed by atoms with Gasteiger partial charge in [-0.25, -0.2) is 4.98 Å². The number of nitrogens with two attached hydrogens (primary N) is 2. The Morgan fingerprint density at radius 3 is 2.60 bits per heavy atom. The second kappa shape index (κ2) is 8.32. The van der Waals surface area contributed by atoms with E-state index in [1.165, 1.54) is 13.2 Å². The summed E-state index contributed by atoms with van der Waals surface area (Å²) in [6, 6.07) is 11.7. The predicted molar refractivity (Wildman–Crippen MR) is 110 cm³/mol. The van der Waals surface area contributed by atoms with E-state index >= 15 is 0 Å². The number of nitriles is 1. The van der Waals surface area contributed by atoms with Crippen molar-refractivity contribution in [3.63, 3.8) is 0 Å². The van der Waals surface area contributed by atoms with Crippen LogP contribution in [0.5, 0.6) is 11.5 Å². The number of methoxy groups -OCH3 is 1.